The summed E-state index contributed by atoms with van der Waals surface area (Å²) in [5.41, 5.74) is -0.117. The van der Waals surface area contributed by atoms with Crippen LogP contribution in [0.1, 0.15) is 20.8 Å². The normalized spacial score (nSPS) is 11.3. The van der Waals surface area contributed by atoms with E-state index in [0.29, 0.717) is 22.2 Å². The van der Waals surface area contributed by atoms with E-state index >= 15 is 0 Å². The average molecular weight is 472 g/mol. The molecule has 3 rings (SSSR count). The first kappa shape index (κ1) is 22.7. The minimum absolute atomic E-state index is 0.0529. The largest absolute Gasteiger partial charge is 0.416 e. The lowest BCUT2D eigenvalue weighted by atomic mass is 10.1. The highest BCUT2D eigenvalue weighted by Gasteiger charge is 2.31. The van der Waals surface area contributed by atoms with Crippen LogP contribution in [0.5, 0.6) is 0 Å². The Kier molecular flexibility index (Phi) is 6.60. The third kappa shape index (κ3) is 5.20. The lowest BCUT2D eigenvalue weighted by Gasteiger charge is -2.08. The molecule has 0 saturated carbocycles. The number of carbonyl (C=O) groups excluding carboxylic acids is 2. The third-order valence-electron chi connectivity index (χ3n) is 4.18. The van der Waals surface area contributed by atoms with Gasteiger partial charge in [-0.05, 0) is 18.2 Å². The van der Waals surface area contributed by atoms with Crippen LogP contribution < -0.4 is 16.0 Å². The maximum Gasteiger partial charge on any atom is 0.416 e. The number of nitrogens with one attached hydrogen (secondary N) is 3. The Morgan fingerprint density at radius 1 is 1.10 bits per heavy atom. The van der Waals surface area contributed by atoms with Crippen molar-refractivity contribution in [1.29, 1.82) is 0 Å². The molecule has 31 heavy (non-hydrogen) atoms. The van der Waals surface area contributed by atoms with Crippen molar-refractivity contribution in [3.63, 3.8) is 0 Å². The highest BCUT2D eigenvalue weighted by Crippen LogP contribution is 2.34. The zero-order chi connectivity index (χ0) is 22.8. The fraction of sp³-hybridized carbons (Fsp3) is 0.211. The molecule has 164 valence electrons. The highest BCUT2D eigenvalue weighted by molar-refractivity contribution is 7.14. The minimum Gasteiger partial charge on any atom is -0.387 e. The van der Waals surface area contributed by atoms with E-state index in [-0.39, 0.29) is 28.7 Å². The van der Waals surface area contributed by atoms with Crippen molar-refractivity contribution in [2.24, 2.45) is 0 Å². The second kappa shape index (κ2) is 9.02. The summed E-state index contributed by atoms with van der Waals surface area (Å²) in [6.07, 6.45) is -4.79. The molecule has 3 aromatic rings. The van der Waals surface area contributed by atoms with E-state index in [4.69, 9.17) is 0 Å². The van der Waals surface area contributed by atoms with Crippen molar-refractivity contribution in [3.8, 4) is 11.3 Å². The molecule has 1 aromatic carbocycles. The molecule has 12 heteroatoms. The SMILES string of the molecule is CNC(=O)c1c(NC)csc1CC(=O)Nc1nc(-c2cc(F)cc(C(F)(F)F)c2)cs1. The molecule has 0 aliphatic carbocycles. The molecule has 0 atom stereocenters. The molecule has 2 aromatic heterocycles. The third-order valence-corrected chi connectivity index (χ3v) is 5.93. The van der Waals surface area contributed by atoms with Gasteiger partial charge in [0.2, 0.25) is 5.91 Å². The van der Waals surface area contributed by atoms with Crippen molar-refractivity contribution < 1.29 is 27.2 Å². The summed E-state index contributed by atoms with van der Waals surface area (Å²) in [4.78, 5) is 29.2. The van der Waals surface area contributed by atoms with Crippen LogP contribution in [0.15, 0.2) is 29.0 Å². The van der Waals surface area contributed by atoms with Crippen LogP contribution in [0.4, 0.5) is 28.4 Å². The number of thiophene rings is 1. The molecule has 0 saturated heterocycles. The maximum absolute atomic E-state index is 13.6. The first-order chi connectivity index (χ1) is 14.6. The van der Waals surface area contributed by atoms with Crippen LogP contribution in [0.3, 0.4) is 0 Å². The van der Waals surface area contributed by atoms with Gasteiger partial charge in [-0.1, -0.05) is 0 Å². The fourth-order valence-corrected chi connectivity index (χ4v) is 4.53. The van der Waals surface area contributed by atoms with Gasteiger partial charge in [-0.3, -0.25) is 9.59 Å². The van der Waals surface area contributed by atoms with Gasteiger partial charge >= 0.3 is 6.18 Å². The van der Waals surface area contributed by atoms with Crippen molar-refractivity contribution >= 4 is 45.3 Å². The van der Waals surface area contributed by atoms with E-state index in [1.165, 1.54) is 23.8 Å². The first-order valence-electron chi connectivity index (χ1n) is 8.76. The van der Waals surface area contributed by atoms with Crippen molar-refractivity contribution in [2.45, 2.75) is 12.6 Å². The topological polar surface area (TPSA) is 83.1 Å². The molecule has 0 radical (unpaired) electrons. The molecule has 6 nitrogen and oxygen atoms in total. The first-order valence-corrected chi connectivity index (χ1v) is 10.5. The molecule has 0 bridgehead atoms. The maximum atomic E-state index is 13.6. The van der Waals surface area contributed by atoms with Gasteiger partial charge in [0, 0.05) is 35.3 Å². The number of halogens is 4. The quantitative estimate of drug-likeness (QED) is 0.458. The van der Waals surface area contributed by atoms with E-state index < -0.39 is 23.5 Å². The molecule has 0 aliphatic rings. The smallest absolute Gasteiger partial charge is 0.387 e. The molecular formula is C19H16F4N4O2S2. The van der Waals surface area contributed by atoms with Gasteiger partial charge in [-0.25, -0.2) is 9.37 Å². The number of anilines is 2. The van der Waals surface area contributed by atoms with Crippen molar-refractivity contribution in [2.75, 3.05) is 24.7 Å². The Morgan fingerprint density at radius 2 is 1.84 bits per heavy atom. The number of thiazole rings is 1. The van der Waals surface area contributed by atoms with E-state index in [9.17, 15) is 27.2 Å². The summed E-state index contributed by atoms with van der Waals surface area (Å²) >= 11 is 2.23. The molecule has 0 spiro atoms. The molecule has 2 amide bonds. The number of nitrogens with zero attached hydrogens (tertiary/aromatic N) is 1. The lowest BCUT2D eigenvalue weighted by Crippen LogP contribution is -2.21. The number of hydrogen-bond acceptors (Lipinski definition) is 6. The van der Waals surface area contributed by atoms with Crippen LogP contribution in [0, 0.1) is 5.82 Å². The zero-order valence-electron chi connectivity index (χ0n) is 16.2. The molecule has 2 heterocycles. The zero-order valence-corrected chi connectivity index (χ0v) is 17.8. The average Bonchev–Trinajstić information content (AvgIpc) is 3.33. The van der Waals surface area contributed by atoms with E-state index in [2.05, 4.69) is 20.9 Å². The highest BCUT2D eigenvalue weighted by atomic mass is 32.1. The molecule has 0 aliphatic heterocycles. The van der Waals surface area contributed by atoms with Crippen LogP contribution >= 0.6 is 22.7 Å². The van der Waals surface area contributed by atoms with Crippen molar-refractivity contribution in [1.82, 2.24) is 10.3 Å². The van der Waals surface area contributed by atoms with Crippen LogP contribution in [0.25, 0.3) is 11.3 Å². The van der Waals surface area contributed by atoms with E-state index in [1.54, 1.807) is 12.4 Å². The Balaban J connectivity index is 1.77. The second-order valence-electron chi connectivity index (χ2n) is 6.27. The van der Waals surface area contributed by atoms with E-state index in [1.807, 2.05) is 0 Å². The van der Waals surface area contributed by atoms with Gasteiger partial charge in [0.1, 0.15) is 5.82 Å². The number of carbonyl (C=O) groups is 2. The number of amides is 2. The summed E-state index contributed by atoms with van der Waals surface area (Å²) < 4.78 is 52.4. The van der Waals surface area contributed by atoms with E-state index in [0.717, 1.165) is 23.5 Å². The number of rotatable bonds is 6. The van der Waals surface area contributed by atoms with Gasteiger partial charge in [0.05, 0.1) is 28.9 Å². The molecule has 0 fully saturated rings. The van der Waals surface area contributed by atoms with Gasteiger partial charge < -0.3 is 16.0 Å². The van der Waals surface area contributed by atoms with Gasteiger partial charge in [-0.2, -0.15) is 13.2 Å². The standard InChI is InChI=1S/C19H16F4N4O2S2/c1-24-13-8-30-14(16(13)17(29)25-2)6-15(28)27-18-26-12(7-31-18)9-3-10(19(21,22)23)5-11(20)4-9/h3-5,7-8,24H,6H2,1-2H3,(H,25,29)(H,26,27,28). The summed E-state index contributed by atoms with van der Waals surface area (Å²) in [5.74, 6) is -1.83. The number of benzene rings is 1. The molecular weight excluding hydrogens is 456 g/mol. The summed E-state index contributed by atoms with van der Waals surface area (Å²) in [6.45, 7) is 0. The predicted molar refractivity (Wildman–Crippen MR) is 112 cm³/mol. The monoisotopic (exact) mass is 472 g/mol. The Hall–Kier alpha value is -2.99. The van der Waals surface area contributed by atoms with Gasteiger partial charge in [0.15, 0.2) is 5.13 Å². The van der Waals surface area contributed by atoms with Crippen molar-refractivity contribution in [3.05, 3.63) is 50.8 Å². The number of hydrogen-bond donors (Lipinski definition) is 3. The van der Waals surface area contributed by atoms with Gasteiger partial charge in [-0.15, -0.1) is 22.7 Å². The van der Waals surface area contributed by atoms with Gasteiger partial charge in [0.25, 0.3) is 5.91 Å². The van der Waals surface area contributed by atoms with Crippen LogP contribution in [-0.4, -0.2) is 30.9 Å². The fourth-order valence-electron chi connectivity index (χ4n) is 2.76. The minimum atomic E-state index is -4.70. The number of alkyl halides is 3. The summed E-state index contributed by atoms with van der Waals surface area (Å²) in [6, 6.07) is 2.14. The Bertz CT molecular complexity index is 1120. The summed E-state index contributed by atoms with van der Waals surface area (Å²) in [5, 5.41) is 11.3. The Labute approximate surface area is 182 Å². The molecule has 0 unspecified atom stereocenters. The second-order valence-corrected chi connectivity index (χ2v) is 8.09. The van der Waals surface area contributed by atoms with Crippen LogP contribution in [0.2, 0.25) is 0 Å². The Morgan fingerprint density at radius 3 is 2.48 bits per heavy atom. The lowest BCUT2D eigenvalue weighted by molar-refractivity contribution is -0.137. The molecule has 3 N–H and O–H groups in total. The van der Waals surface area contributed by atoms with Crippen LogP contribution in [-0.2, 0) is 17.4 Å². The number of aromatic nitrogens is 1. The predicted octanol–water partition coefficient (Wildman–Crippen LogP) is 4.61. The summed E-state index contributed by atoms with van der Waals surface area (Å²) in [7, 11) is 3.14.